The van der Waals surface area contributed by atoms with E-state index >= 15 is 0 Å². The molecule has 3 aromatic rings. The first kappa shape index (κ1) is 21.5. The average Bonchev–Trinajstić information content (AvgIpc) is 3.26. The first-order valence-electron chi connectivity index (χ1n) is 9.80. The molecule has 11 heteroatoms. The number of hydrogen-bond acceptors (Lipinski definition) is 7. The molecule has 0 spiro atoms. The molecule has 4 rings (SSSR count). The lowest BCUT2D eigenvalue weighted by molar-refractivity contribution is -0.127. The quantitative estimate of drug-likeness (QED) is 0.477. The lowest BCUT2D eigenvalue weighted by Crippen LogP contribution is -2.59. The fourth-order valence-electron chi connectivity index (χ4n) is 3.78. The highest BCUT2D eigenvalue weighted by Gasteiger charge is 2.41. The molecular weight excluding hydrogens is 440 g/mol. The van der Waals surface area contributed by atoms with E-state index in [-0.39, 0.29) is 17.3 Å². The zero-order valence-corrected chi connectivity index (χ0v) is 18.5. The largest absolute Gasteiger partial charge is 0.356 e. The summed E-state index contributed by atoms with van der Waals surface area (Å²) in [6, 6.07) is 8.39. The molecule has 1 aliphatic heterocycles. The predicted octanol–water partition coefficient (Wildman–Crippen LogP) is 1.76. The third-order valence-corrected chi connectivity index (χ3v) is 7.16. The minimum atomic E-state index is -3.25. The van der Waals surface area contributed by atoms with E-state index in [0.717, 1.165) is 28.7 Å². The van der Waals surface area contributed by atoms with Crippen molar-refractivity contribution in [1.82, 2.24) is 25.1 Å². The van der Waals surface area contributed by atoms with Gasteiger partial charge in [0.2, 0.25) is 5.91 Å². The molecule has 3 heterocycles. The van der Waals surface area contributed by atoms with E-state index < -0.39 is 15.4 Å². The van der Waals surface area contributed by atoms with Gasteiger partial charge in [-0.1, -0.05) is 12.1 Å². The van der Waals surface area contributed by atoms with E-state index in [0.29, 0.717) is 25.9 Å². The van der Waals surface area contributed by atoms with Gasteiger partial charge in [-0.2, -0.15) is 0 Å². The third-order valence-electron chi connectivity index (χ3n) is 5.67. The summed E-state index contributed by atoms with van der Waals surface area (Å²) < 4.78 is 23.2. The molecule has 0 saturated carbocycles. The van der Waals surface area contributed by atoms with Gasteiger partial charge in [0, 0.05) is 32.1 Å². The van der Waals surface area contributed by atoms with Crippen molar-refractivity contribution >= 4 is 44.4 Å². The monoisotopic (exact) mass is 462 g/mol. The van der Waals surface area contributed by atoms with E-state index in [1.54, 1.807) is 12.1 Å². The summed E-state index contributed by atoms with van der Waals surface area (Å²) in [4.78, 5) is 29.8. The minimum Gasteiger partial charge on any atom is -0.356 e. The maximum absolute atomic E-state index is 13.0. The highest BCUT2D eigenvalue weighted by Crippen LogP contribution is 2.29. The first-order chi connectivity index (χ1) is 14.8. The van der Waals surface area contributed by atoms with Gasteiger partial charge in [0.25, 0.3) is 0 Å². The number of halogens is 1. The second kappa shape index (κ2) is 8.45. The number of carbonyl (C=O) groups is 1. The fraction of sp³-hybridized carbons (Fsp3) is 0.350. The Kier molecular flexibility index (Phi) is 5.87. The predicted molar refractivity (Wildman–Crippen MR) is 118 cm³/mol. The van der Waals surface area contributed by atoms with Gasteiger partial charge in [-0.25, -0.2) is 23.2 Å². The number of benzene rings is 1. The minimum absolute atomic E-state index is 0.191. The maximum atomic E-state index is 13.0. The van der Waals surface area contributed by atoms with Crippen molar-refractivity contribution in [2.45, 2.75) is 29.8 Å². The zero-order valence-electron chi connectivity index (χ0n) is 16.9. The van der Waals surface area contributed by atoms with Crippen molar-refractivity contribution in [1.29, 1.82) is 0 Å². The van der Waals surface area contributed by atoms with Gasteiger partial charge < -0.3 is 15.2 Å². The van der Waals surface area contributed by atoms with Crippen LogP contribution < -0.4 is 15.1 Å². The Hall–Kier alpha value is -2.69. The molecule has 0 bridgehead atoms. The number of nitrogens with one attached hydrogen (secondary N) is 3. The summed E-state index contributed by atoms with van der Waals surface area (Å²) in [5.74, 6) is 0.643. The molecule has 9 nitrogen and oxygen atoms in total. The zero-order chi connectivity index (χ0) is 22.1. The smallest absolute Gasteiger partial charge is 0.241 e. The lowest BCUT2D eigenvalue weighted by atomic mass is 9.87. The van der Waals surface area contributed by atoms with Gasteiger partial charge in [-0.05, 0) is 48.4 Å². The Morgan fingerprint density at radius 2 is 1.90 bits per heavy atom. The van der Waals surface area contributed by atoms with Crippen LogP contribution in [0.15, 0.2) is 47.8 Å². The standard InChI is InChI=1S/C20H23ClN6O3S/c1-31(29,30)15-4-2-14(3-5-15)12-23-19(28)20(26-21)7-10-27(11-8-20)18-16-6-9-22-17(16)24-13-25-18/h2-6,9,13,26H,7-8,10-12H2,1H3,(H,23,28)(H,22,24,25). The number of amides is 1. The lowest BCUT2D eigenvalue weighted by Gasteiger charge is -2.40. The number of carbonyl (C=O) groups excluding carboxylic acids is 1. The molecule has 1 fully saturated rings. The number of aromatic amines is 1. The Morgan fingerprint density at radius 3 is 2.55 bits per heavy atom. The van der Waals surface area contributed by atoms with Gasteiger partial charge in [0.1, 0.15) is 23.3 Å². The summed E-state index contributed by atoms with van der Waals surface area (Å²) in [5.41, 5.74) is 0.686. The van der Waals surface area contributed by atoms with E-state index in [2.05, 4.69) is 30.0 Å². The summed E-state index contributed by atoms with van der Waals surface area (Å²) in [7, 11) is -3.25. The molecule has 164 valence electrons. The highest BCUT2D eigenvalue weighted by atomic mass is 35.5. The van der Waals surface area contributed by atoms with Crippen LogP contribution in [0.25, 0.3) is 11.0 Å². The Labute approximate surface area is 185 Å². The molecule has 3 N–H and O–H groups in total. The van der Waals surface area contributed by atoms with Gasteiger partial charge in [0.05, 0.1) is 10.3 Å². The number of H-pyrrole nitrogens is 1. The van der Waals surface area contributed by atoms with Gasteiger partial charge in [0.15, 0.2) is 9.84 Å². The summed E-state index contributed by atoms with van der Waals surface area (Å²) >= 11 is 6.03. The van der Waals surface area contributed by atoms with Gasteiger partial charge >= 0.3 is 0 Å². The van der Waals surface area contributed by atoms with Crippen LogP contribution in [0.2, 0.25) is 0 Å². The Morgan fingerprint density at radius 1 is 1.19 bits per heavy atom. The highest BCUT2D eigenvalue weighted by molar-refractivity contribution is 7.90. The second-order valence-electron chi connectivity index (χ2n) is 7.70. The van der Waals surface area contributed by atoms with Gasteiger partial charge in [-0.15, -0.1) is 0 Å². The van der Waals surface area contributed by atoms with Crippen LogP contribution in [0.1, 0.15) is 18.4 Å². The third kappa shape index (κ3) is 4.36. The van der Waals surface area contributed by atoms with Crippen LogP contribution in [0.3, 0.4) is 0 Å². The van der Waals surface area contributed by atoms with E-state index in [1.807, 2.05) is 12.3 Å². The number of hydrogen-bond donors (Lipinski definition) is 3. The Bertz CT molecular complexity index is 1190. The first-order valence-corrected chi connectivity index (χ1v) is 12.1. The van der Waals surface area contributed by atoms with Crippen molar-refractivity contribution in [3.05, 3.63) is 48.4 Å². The van der Waals surface area contributed by atoms with Crippen molar-refractivity contribution in [3.8, 4) is 0 Å². The number of piperidine rings is 1. The maximum Gasteiger partial charge on any atom is 0.241 e. The summed E-state index contributed by atoms with van der Waals surface area (Å²) in [6.07, 6.45) is 5.52. The molecule has 0 atom stereocenters. The molecular formula is C20H23ClN6O3S. The van der Waals surface area contributed by atoms with Crippen molar-refractivity contribution in [3.63, 3.8) is 0 Å². The number of fused-ring (bicyclic) bond motifs is 1. The van der Waals surface area contributed by atoms with E-state index in [4.69, 9.17) is 11.8 Å². The molecule has 0 radical (unpaired) electrons. The van der Waals surface area contributed by atoms with Crippen molar-refractivity contribution in [2.24, 2.45) is 0 Å². The molecule has 1 amide bonds. The Balaban J connectivity index is 1.40. The van der Waals surface area contributed by atoms with E-state index in [1.165, 1.54) is 18.5 Å². The number of anilines is 1. The van der Waals surface area contributed by atoms with Crippen molar-refractivity contribution in [2.75, 3.05) is 24.2 Å². The van der Waals surface area contributed by atoms with Crippen LogP contribution in [-0.2, 0) is 21.2 Å². The molecule has 1 aromatic carbocycles. The van der Waals surface area contributed by atoms with E-state index in [9.17, 15) is 13.2 Å². The van der Waals surface area contributed by atoms with Crippen LogP contribution in [0.5, 0.6) is 0 Å². The number of aromatic nitrogens is 3. The van der Waals surface area contributed by atoms with Gasteiger partial charge in [-0.3, -0.25) is 4.79 Å². The average molecular weight is 463 g/mol. The SMILES string of the molecule is CS(=O)(=O)c1ccc(CNC(=O)C2(NCl)CCN(c3ncnc4[nH]ccc34)CC2)cc1. The number of sulfone groups is 1. The topological polar surface area (TPSA) is 120 Å². The number of rotatable bonds is 6. The van der Waals surface area contributed by atoms with Crippen molar-refractivity contribution < 1.29 is 13.2 Å². The summed E-state index contributed by atoms with van der Waals surface area (Å²) in [6.45, 7) is 1.49. The second-order valence-corrected chi connectivity index (χ2v) is 9.90. The molecule has 0 unspecified atom stereocenters. The number of nitrogens with zero attached hydrogens (tertiary/aromatic N) is 3. The summed E-state index contributed by atoms with van der Waals surface area (Å²) in [5, 5.41) is 3.85. The molecule has 1 saturated heterocycles. The van der Waals surface area contributed by atoms with Crippen LogP contribution in [0.4, 0.5) is 5.82 Å². The van der Waals surface area contributed by atoms with Crippen LogP contribution in [0, 0.1) is 0 Å². The normalized spacial score (nSPS) is 16.4. The molecule has 31 heavy (non-hydrogen) atoms. The van der Waals surface area contributed by atoms with Crippen LogP contribution in [-0.4, -0.2) is 54.2 Å². The van der Waals surface area contributed by atoms with Crippen LogP contribution >= 0.6 is 11.8 Å². The molecule has 1 aliphatic rings. The fourth-order valence-corrected chi connectivity index (χ4v) is 4.69. The molecule has 0 aliphatic carbocycles. The molecule has 2 aromatic heterocycles.